The van der Waals surface area contributed by atoms with E-state index >= 15 is 0 Å². The smallest absolute Gasteiger partial charge is 0.233 e. The molecule has 0 spiro atoms. The van der Waals surface area contributed by atoms with Gasteiger partial charge in [0.2, 0.25) is 5.91 Å². The molecule has 1 unspecified atom stereocenters. The molecule has 0 aliphatic heterocycles. The van der Waals surface area contributed by atoms with Crippen LogP contribution in [0.1, 0.15) is 31.9 Å². The molecule has 0 saturated heterocycles. The highest BCUT2D eigenvalue weighted by molar-refractivity contribution is 5.77. The minimum absolute atomic E-state index is 0.0601. The average molecular weight is 238 g/mol. The third kappa shape index (κ3) is 4.53. The first-order valence-corrected chi connectivity index (χ1v) is 5.89. The van der Waals surface area contributed by atoms with Crippen molar-refractivity contribution in [3.8, 4) is 0 Å². The van der Waals surface area contributed by atoms with Gasteiger partial charge < -0.3 is 10.6 Å². The number of hydrogen-bond donors (Lipinski definition) is 2. The Labute approximate surface area is 101 Å². The summed E-state index contributed by atoms with van der Waals surface area (Å²) in [6.07, 6.45) is 0.911. The van der Waals surface area contributed by atoms with Gasteiger partial charge in [-0.25, -0.2) is 4.39 Å². The zero-order valence-electron chi connectivity index (χ0n) is 10.3. The minimum atomic E-state index is -0.249. The van der Waals surface area contributed by atoms with Gasteiger partial charge in [-0.1, -0.05) is 25.1 Å². The van der Waals surface area contributed by atoms with E-state index in [1.807, 2.05) is 13.8 Å². The van der Waals surface area contributed by atoms with Crippen molar-refractivity contribution in [1.29, 1.82) is 0 Å². The van der Waals surface area contributed by atoms with Gasteiger partial charge in [-0.3, -0.25) is 4.79 Å². The van der Waals surface area contributed by atoms with Crippen LogP contribution in [-0.4, -0.2) is 19.0 Å². The molecule has 4 heteroatoms. The van der Waals surface area contributed by atoms with Crippen molar-refractivity contribution in [3.63, 3.8) is 0 Å². The van der Waals surface area contributed by atoms with Gasteiger partial charge in [-0.15, -0.1) is 0 Å². The lowest BCUT2D eigenvalue weighted by Gasteiger charge is -2.14. The van der Waals surface area contributed by atoms with Gasteiger partial charge >= 0.3 is 0 Å². The number of hydrogen-bond acceptors (Lipinski definition) is 2. The molecule has 94 valence electrons. The van der Waals surface area contributed by atoms with Gasteiger partial charge in [0.1, 0.15) is 5.82 Å². The van der Waals surface area contributed by atoms with E-state index in [2.05, 4.69) is 10.6 Å². The first kappa shape index (κ1) is 13.6. The summed E-state index contributed by atoms with van der Waals surface area (Å²) >= 11 is 0. The number of nitrogens with one attached hydrogen (secondary N) is 2. The molecule has 17 heavy (non-hydrogen) atoms. The van der Waals surface area contributed by atoms with Gasteiger partial charge in [-0.2, -0.15) is 0 Å². The van der Waals surface area contributed by atoms with E-state index in [1.54, 1.807) is 18.2 Å². The van der Waals surface area contributed by atoms with Crippen molar-refractivity contribution in [2.24, 2.45) is 0 Å². The summed E-state index contributed by atoms with van der Waals surface area (Å²) in [6, 6.07) is 6.40. The van der Waals surface area contributed by atoms with Gasteiger partial charge in [0.15, 0.2) is 0 Å². The van der Waals surface area contributed by atoms with Crippen molar-refractivity contribution < 1.29 is 9.18 Å². The van der Waals surface area contributed by atoms with E-state index in [0.29, 0.717) is 12.1 Å². The fourth-order valence-electron chi connectivity index (χ4n) is 1.51. The molecule has 0 aliphatic rings. The summed E-state index contributed by atoms with van der Waals surface area (Å²) in [4.78, 5) is 11.4. The molecule has 1 aromatic rings. The Kier molecular flexibility index (Phi) is 5.63. The Balaban J connectivity index is 2.42. The third-order valence-electron chi connectivity index (χ3n) is 2.51. The fraction of sp³-hybridized carbons (Fsp3) is 0.462. The summed E-state index contributed by atoms with van der Waals surface area (Å²) in [5.74, 6) is -0.309. The zero-order chi connectivity index (χ0) is 12.7. The lowest BCUT2D eigenvalue weighted by atomic mass is 10.1. The summed E-state index contributed by atoms with van der Waals surface area (Å²) in [5, 5.41) is 5.75. The number of rotatable bonds is 6. The van der Waals surface area contributed by atoms with E-state index in [4.69, 9.17) is 0 Å². The molecule has 0 aliphatic carbocycles. The lowest BCUT2D eigenvalue weighted by molar-refractivity contribution is -0.120. The standard InChI is InChI=1S/C13H19FN2O/c1-3-8-15-13(17)9-16-10(2)11-6-4-5-7-12(11)14/h4-7,10,16H,3,8-9H2,1-2H3,(H,15,17). The third-order valence-corrected chi connectivity index (χ3v) is 2.51. The monoisotopic (exact) mass is 238 g/mol. The molecule has 1 aromatic carbocycles. The number of halogens is 1. The predicted molar refractivity (Wildman–Crippen MR) is 66.1 cm³/mol. The van der Waals surface area contributed by atoms with Crippen molar-refractivity contribution >= 4 is 5.91 Å². The summed E-state index contributed by atoms with van der Waals surface area (Å²) in [7, 11) is 0. The van der Waals surface area contributed by atoms with E-state index in [-0.39, 0.29) is 24.3 Å². The average Bonchev–Trinajstić information content (AvgIpc) is 2.34. The zero-order valence-corrected chi connectivity index (χ0v) is 10.3. The second kappa shape index (κ2) is 7.01. The molecule has 1 atom stereocenters. The van der Waals surface area contributed by atoms with Gasteiger partial charge in [0.05, 0.1) is 6.54 Å². The van der Waals surface area contributed by atoms with Crippen molar-refractivity contribution in [2.75, 3.05) is 13.1 Å². The van der Waals surface area contributed by atoms with Crippen LogP contribution in [0.15, 0.2) is 24.3 Å². The maximum Gasteiger partial charge on any atom is 0.233 e. The Morgan fingerprint density at radius 3 is 2.76 bits per heavy atom. The van der Waals surface area contributed by atoms with Crippen molar-refractivity contribution in [2.45, 2.75) is 26.3 Å². The first-order valence-electron chi connectivity index (χ1n) is 5.89. The molecule has 0 radical (unpaired) electrons. The molecular weight excluding hydrogens is 219 g/mol. The highest BCUT2D eigenvalue weighted by Crippen LogP contribution is 2.15. The molecule has 3 nitrogen and oxygen atoms in total. The van der Waals surface area contributed by atoms with Crippen LogP contribution >= 0.6 is 0 Å². The molecular formula is C13H19FN2O. The van der Waals surface area contributed by atoms with Crippen LogP contribution < -0.4 is 10.6 Å². The van der Waals surface area contributed by atoms with Crippen molar-refractivity contribution in [3.05, 3.63) is 35.6 Å². The summed E-state index contributed by atoms with van der Waals surface area (Å²) in [6.45, 7) is 4.71. The Hall–Kier alpha value is -1.42. The Morgan fingerprint density at radius 1 is 1.41 bits per heavy atom. The predicted octanol–water partition coefficient (Wildman–Crippen LogP) is 2.00. The van der Waals surface area contributed by atoms with Crippen LogP contribution in [0.3, 0.4) is 0 Å². The minimum Gasteiger partial charge on any atom is -0.355 e. The quantitative estimate of drug-likeness (QED) is 0.796. The number of amides is 1. The highest BCUT2D eigenvalue weighted by atomic mass is 19.1. The number of benzene rings is 1. The number of carbonyl (C=O) groups excluding carboxylic acids is 1. The largest absolute Gasteiger partial charge is 0.355 e. The van der Waals surface area contributed by atoms with Crippen LogP contribution in [0.25, 0.3) is 0 Å². The Bertz CT molecular complexity index is 368. The molecule has 0 saturated carbocycles. The summed E-state index contributed by atoms with van der Waals surface area (Å²) in [5.41, 5.74) is 0.579. The normalized spacial score (nSPS) is 12.2. The molecule has 0 bridgehead atoms. The molecule has 1 rings (SSSR count). The summed E-state index contributed by atoms with van der Waals surface area (Å²) < 4.78 is 13.4. The second-order valence-electron chi connectivity index (χ2n) is 3.97. The molecule has 0 heterocycles. The molecule has 2 N–H and O–H groups in total. The van der Waals surface area contributed by atoms with Gasteiger partial charge in [0, 0.05) is 18.2 Å². The second-order valence-corrected chi connectivity index (χ2v) is 3.97. The maximum atomic E-state index is 13.4. The van der Waals surface area contributed by atoms with Crippen LogP contribution in [0.4, 0.5) is 4.39 Å². The van der Waals surface area contributed by atoms with E-state index in [9.17, 15) is 9.18 Å². The highest BCUT2D eigenvalue weighted by Gasteiger charge is 2.10. The SMILES string of the molecule is CCCNC(=O)CNC(C)c1ccccc1F. The van der Waals surface area contributed by atoms with Crippen LogP contribution in [-0.2, 0) is 4.79 Å². The van der Waals surface area contributed by atoms with Gasteiger partial charge in [-0.05, 0) is 19.4 Å². The van der Waals surface area contributed by atoms with Crippen LogP contribution in [0.5, 0.6) is 0 Å². The van der Waals surface area contributed by atoms with E-state index in [0.717, 1.165) is 6.42 Å². The van der Waals surface area contributed by atoms with Crippen LogP contribution in [0, 0.1) is 5.82 Å². The van der Waals surface area contributed by atoms with Crippen molar-refractivity contribution in [1.82, 2.24) is 10.6 Å². The first-order chi connectivity index (χ1) is 8.15. The van der Waals surface area contributed by atoms with Gasteiger partial charge in [0.25, 0.3) is 0 Å². The van der Waals surface area contributed by atoms with E-state index < -0.39 is 0 Å². The van der Waals surface area contributed by atoms with Crippen LogP contribution in [0.2, 0.25) is 0 Å². The molecule has 1 amide bonds. The van der Waals surface area contributed by atoms with E-state index in [1.165, 1.54) is 6.07 Å². The molecule has 0 fully saturated rings. The topological polar surface area (TPSA) is 41.1 Å². The Morgan fingerprint density at radius 2 is 2.12 bits per heavy atom. The molecule has 0 aromatic heterocycles. The number of carbonyl (C=O) groups is 1. The maximum absolute atomic E-state index is 13.4. The lowest BCUT2D eigenvalue weighted by Crippen LogP contribution is -2.35. The fourth-order valence-corrected chi connectivity index (χ4v) is 1.51.